The Kier molecular flexibility index (Phi) is 5.81. The van der Waals surface area contributed by atoms with Crippen LogP contribution in [0.1, 0.15) is 39.6 Å². The molecule has 1 fully saturated rings. The molecule has 0 spiro atoms. The highest BCUT2D eigenvalue weighted by Crippen LogP contribution is 2.30. The van der Waals surface area contributed by atoms with Crippen LogP contribution in [0.2, 0.25) is 0 Å². The number of esters is 1. The maximum Gasteiger partial charge on any atom is 0.338 e. The lowest BCUT2D eigenvalue weighted by Gasteiger charge is -2.27. The second kappa shape index (κ2) is 8.66. The topological polar surface area (TPSA) is 59.1 Å². The first-order chi connectivity index (χ1) is 14.2. The van der Waals surface area contributed by atoms with Gasteiger partial charge in [0.15, 0.2) is 0 Å². The first kappa shape index (κ1) is 19.5. The normalized spacial score (nSPS) is 19.1. The Hall–Kier alpha value is -2.86. The van der Waals surface area contributed by atoms with Crippen LogP contribution in [0.3, 0.4) is 0 Å². The quantitative estimate of drug-likeness (QED) is 0.730. The van der Waals surface area contributed by atoms with Crippen LogP contribution in [-0.4, -0.2) is 55.7 Å². The zero-order chi connectivity index (χ0) is 20.2. The Morgan fingerprint density at radius 2 is 2.00 bits per heavy atom. The average Bonchev–Trinajstić information content (AvgIpc) is 3.24. The third-order valence-electron chi connectivity index (χ3n) is 5.51. The highest BCUT2D eigenvalue weighted by atomic mass is 16.5. The smallest absolute Gasteiger partial charge is 0.338 e. The summed E-state index contributed by atoms with van der Waals surface area (Å²) in [5.74, 6) is -0.367. The minimum Gasteiger partial charge on any atom is -0.462 e. The molecule has 2 heterocycles. The summed E-state index contributed by atoms with van der Waals surface area (Å²) < 4.78 is 10.7. The maximum atomic E-state index is 13.4. The van der Waals surface area contributed by atoms with E-state index in [0.717, 1.165) is 17.7 Å². The Morgan fingerprint density at radius 3 is 2.72 bits per heavy atom. The number of carbonyl (C=O) groups is 2. The number of benzene rings is 2. The fraction of sp³-hybridized carbons (Fsp3) is 0.391. The van der Waals surface area contributed by atoms with E-state index in [0.29, 0.717) is 50.6 Å². The number of nitrogens with zero attached hydrogens (tertiary/aromatic N) is 2. The third-order valence-corrected chi connectivity index (χ3v) is 5.51. The van der Waals surface area contributed by atoms with E-state index in [1.807, 2.05) is 23.1 Å². The van der Waals surface area contributed by atoms with Crippen molar-refractivity contribution in [2.24, 2.45) is 0 Å². The molecule has 1 amide bonds. The molecule has 2 aliphatic rings. The van der Waals surface area contributed by atoms with Gasteiger partial charge in [-0.1, -0.05) is 30.3 Å². The van der Waals surface area contributed by atoms with E-state index in [2.05, 4.69) is 17.0 Å². The summed E-state index contributed by atoms with van der Waals surface area (Å²) in [5, 5.41) is 0. The summed E-state index contributed by atoms with van der Waals surface area (Å²) in [5.41, 5.74) is 3.03. The molecule has 6 nitrogen and oxygen atoms in total. The van der Waals surface area contributed by atoms with Crippen molar-refractivity contribution in [2.45, 2.75) is 25.9 Å². The lowest BCUT2D eigenvalue weighted by molar-refractivity contribution is 0.0525. The van der Waals surface area contributed by atoms with Crippen LogP contribution in [0.15, 0.2) is 48.5 Å². The molecule has 0 N–H and O–H groups in total. The van der Waals surface area contributed by atoms with Gasteiger partial charge in [0, 0.05) is 26.2 Å². The summed E-state index contributed by atoms with van der Waals surface area (Å²) in [6, 6.07) is 15.5. The molecule has 0 saturated carbocycles. The van der Waals surface area contributed by atoms with Crippen molar-refractivity contribution in [1.29, 1.82) is 0 Å². The number of anilines is 1. The van der Waals surface area contributed by atoms with E-state index in [4.69, 9.17) is 9.47 Å². The molecule has 1 saturated heterocycles. The fourth-order valence-corrected chi connectivity index (χ4v) is 4.00. The van der Waals surface area contributed by atoms with Crippen LogP contribution in [-0.2, 0) is 16.0 Å². The Balaban J connectivity index is 1.71. The minimum absolute atomic E-state index is 0.00136. The van der Waals surface area contributed by atoms with Gasteiger partial charge >= 0.3 is 5.97 Å². The molecule has 1 atom stereocenters. The molecule has 0 aliphatic carbocycles. The van der Waals surface area contributed by atoms with Crippen LogP contribution in [0, 0.1) is 0 Å². The third kappa shape index (κ3) is 4.12. The van der Waals surface area contributed by atoms with E-state index >= 15 is 0 Å². The summed E-state index contributed by atoms with van der Waals surface area (Å²) in [4.78, 5) is 29.8. The molecule has 4 rings (SSSR count). The number of carbonyl (C=O) groups excluding carboxylic acids is 2. The predicted octanol–water partition coefficient (Wildman–Crippen LogP) is 3.11. The number of hydrogen-bond donors (Lipinski definition) is 0. The number of rotatable bonds is 5. The molecular formula is C23H26N2O4. The first-order valence-electron chi connectivity index (χ1n) is 10.2. The van der Waals surface area contributed by atoms with Crippen molar-refractivity contribution >= 4 is 17.6 Å². The lowest BCUT2D eigenvalue weighted by Crippen LogP contribution is -2.42. The molecule has 6 heteroatoms. The van der Waals surface area contributed by atoms with E-state index in [1.165, 1.54) is 0 Å². The van der Waals surface area contributed by atoms with Crippen molar-refractivity contribution in [1.82, 2.24) is 4.90 Å². The second-order valence-corrected chi connectivity index (χ2v) is 7.38. The molecule has 152 valence electrons. The lowest BCUT2D eigenvalue weighted by atomic mass is 10.1. The SMILES string of the molecule is CCOC(=O)c1ccc2c(c1)N(Cc1ccccc1)CCN(C1CCOC1)C2=O. The van der Waals surface area contributed by atoms with Gasteiger partial charge in [-0.25, -0.2) is 4.79 Å². The van der Waals surface area contributed by atoms with Gasteiger partial charge in [0.1, 0.15) is 0 Å². The number of fused-ring (bicyclic) bond motifs is 1. The van der Waals surface area contributed by atoms with Crippen molar-refractivity contribution in [3.8, 4) is 0 Å². The molecule has 2 aromatic carbocycles. The van der Waals surface area contributed by atoms with Crippen LogP contribution < -0.4 is 4.90 Å². The molecule has 2 aromatic rings. The molecule has 0 bridgehead atoms. The zero-order valence-electron chi connectivity index (χ0n) is 16.7. The highest BCUT2D eigenvalue weighted by Gasteiger charge is 2.33. The van der Waals surface area contributed by atoms with Gasteiger partial charge in [-0.15, -0.1) is 0 Å². The van der Waals surface area contributed by atoms with E-state index in [9.17, 15) is 9.59 Å². The Bertz CT molecular complexity index is 878. The van der Waals surface area contributed by atoms with Crippen molar-refractivity contribution in [3.63, 3.8) is 0 Å². The predicted molar refractivity (Wildman–Crippen MR) is 110 cm³/mol. The molecular weight excluding hydrogens is 368 g/mol. The van der Waals surface area contributed by atoms with Gasteiger partial charge in [-0.2, -0.15) is 0 Å². The van der Waals surface area contributed by atoms with Crippen LogP contribution >= 0.6 is 0 Å². The van der Waals surface area contributed by atoms with E-state index < -0.39 is 0 Å². The molecule has 0 radical (unpaired) electrons. The Labute approximate surface area is 171 Å². The summed E-state index contributed by atoms with van der Waals surface area (Å²) in [6.45, 7) is 5.37. The standard InChI is InChI=1S/C23H26N2O4/c1-2-29-23(27)18-8-9-20-21(14-18)24(15-17-6-4-3-5-7-17)11-12-25(22(20)26)19-10-13-28-16-19/h3-9,14,19H,2,10-13,15-16H2,1H3. The fourth-order valence-electron chi connectivity index (χ4n) is 4.00. The van der Waals surface area contributed by atoms with Crippen LogP contribution in [0.4, 0.5) is 5.69 Å². The largest absolute Gasteiger partial charge is 0.462 e. The summed E-state index contributed by atoms with van der Waals surface area (Å²) in [7, 11) is 0. The molecule has 1 unspecified atom stereocenters. The summed E-state index contributed by atoms with van der Waals surface area (Å²) >= 11 is 0. The monoisotopic (exact) mass is 394 g/mol. The Morgan fingerprint density at radius 1 is 1.17 bits per heavy atom. The van der Waals surface area contributed by atoms with Gasteiger partial charge in [0.05, 0.1) is 36.1 Å². The van der Waals surface area contributed by atoms with Gasteiger partial charge in [0.25, 0.3) is 5.91 Å². The highest BCUT2D eigenvalue weighted by molar-refractivity contribution is 6.02. The van der Waals surface area contributed by atoms with E-state index in [-0.39, 0.29) is 17.9 Å². The number of ether oxygens (including phenoxy) is 2. The maximum absolute atomic E-state index is 13.4. The minimum atomic E-state index is -0.368. The van der Waals surface area contributed by atoms with Crippen molar-refractivity contribution < 1.29 is 19.1 Å². The number of amides is 1. The van der Waals surface area contributed by atoms with Crippen molar-refractivity contribution in [3.05, 3.63) is 65.2 Å². The van der Waals surface area contributed by atoms with Gasteiger partial charge in [-0.05, 0) is 37.1 Å². The second-order valence-electron chi connectivity index (χ2n) is 7.38. The summed E-state index contributed by atoms with van der Waals surface area (Å²) in [6.07, 6.45) is 0.862. The average molecular weight is 394 g/mol. The zero-order valence-corrected chi connectivity index (χ0v) is 16.7. The van der Waals surface area contributed by atoms with Gasteiger partial charge in [-0.3, -0.25) is 4.79 Å². The van der Waals surface area contributed by atoms with Gasteiger partial charge < -0.3 is 19.3 Å². The number of hydrogen-bond acceptors (Lipinski definition) is 5. The molecule has 0 aromatic heterocycles. The van der Waals surface area contributed by atoms with Gasteiger partial charge in [0.2, 0.25) is 0 Å². The molecule has 29 heavy (non-hydrogen) atoms. The van der Waals surface area contributed by atoms with E-state index in [1.54, 1.807) is 25.1 Å². The first-order valence-corrected chi connectivity index (χ1v) is 10.2. The molecule has 2 aliphatic heterocycles. The van der Waals surface area contributed by atoms with Crippen LogP contribution in [0.5, 0.6) is 0 Å². The van der Waals surface area contributed by atoms with Crippen molar-refractivity contribution in [2.75, 3.05) is 37.8 Å². The van der Waals surface area contributed by atoms with Crippen LogP contribution in [0.25, 0.3) is 0 Å².